The van der Waals surface area contributed by atoms with E-state index in [0.29, 0.717) is 6.54 Å². The minimum Gasteiger partial charge on any atom is -0.426 e. The highest BCUT2D eigenvalue weighted by Gasteiger charge is 2.32. The van der Waals surface area contributed by atoms with Gasteiger partial charge in [-0.2, -0.15) is 0 Å². The number of ether oxygens (including phenoxy) is 1. The van der Waals surface area contributed by atoms with Crippen LogP contribution < -0.4 is 4.90 Å². The first kappa shape index (κ1) is 17.2. The number of amides is 1. The van der Waals surface area contributed by atoms with Crippen molar-refractivity contribution < 1.29 is 9.53 Å². The zero-order valence-electron chi connectivity index (χ0n) is 14.3. The maximum absolute atomic E-state index is 12.6. The van der Waals surface area contributed by atoms with E-state index in [4.69, 9.17) is 17.0 Å². The molecule has 25 heavy (non-hydrogen) atoms. The van der Waals surface area contributed by atoms with Crippen LogP contribution in [-0.4, -0.2) is 36.6 Å². The molecule has 0 unspecified atom stereocenters. The van der Waals surface area contributed by atoms with E-state index in [1.54, 1.807) is 6.08 Å². The number of rotatable bonds is 5. The zero-order chi connectivity index (χ0) is 17.8. The summed E-state index contributed by atoms with van der Waals surface area (Å²) in [5.41, 5.74) is 3.16. The highest BCUT2D eigenvalue weighted by molar-refractivity contribution is 7.80. The largest absolute Gasteiger partial charge is 0.426 e. The standard InChI is InChI=1S/C20H20N2O2S/c1-21(2)17-10-8-16(9-11-17)14-18-19(23)22(20(25)24-18)13-12-15-6-4-3-5-7-15/h3-11,14H,12-13H2,1-2H3. The fraction of sp³-hybridized carbons (Fsp3) is 0.200. The quantitative estimate of drug-likeness (QED) is 0.609. The molecule has 0 aromatic heterocycles. The first-order chi connectivity index (χ1) is 12.0. The summed E-state index contributed by atoms with van der Waals surface area (Å²) >= 11 is 5.22. The summed E-state index contributed by atoms with van der Waals surface area (Å²) in [6.45, 7) is 0.512. The van der Waals surface area contributed by atoms with Crippen molar-refractivity contribution >= 4 is 35.1 Å². The van der Waals surface area contributed by atoms with E-state index in [2.05, 4.69) is 0 Å². The topological polar surface area (TPSA) is 32.8 Å². The summed E-state index contributed by atoms with van der Waals surface area (Å²) in [4.78, 5) is 16.1. The van der Waals surface area contributed by atoms with Crippen LogP contribution in [0.1, 0.15) is 11.1 Å². The Morgan fingerprint density at radius 2 is 1.76 bits per heavy atom. The van der Waals surface area contributed by atoms with Crippen molar-refractivity contribution in [3.8, 4) is 0 Å². The van der Waals surface area contributed by atoms with Gasteiger partial charge in [0.2, 0.25) is 0 Å². The van der Waals surface area contributed by atoms with Crippen LogP contribution in [0.25, 0.3) is 6.08 Å². The Kier molecular flexibility index (Phi) is 5.14. The van der Waals surface area contributed by atoms with Crippen molar-refractivity contribution in [2.24, 2.45) is 0 Å². The van der Waals surface area contributed by atoms with Crippen molar-refractivity contribution in [3.63, 3.8) is 0 Å². The minimum atomic E-state index is -0.183. The lowest BCUT2D eigenvalue weighted by molar-refractivity contribution is -0.122. The molecule has 0 atom stereocenters. The zero-order valence-corrected chi connectivity index (χ0v) is 15.1. The minimum absolute atomic E-state index is 0.183. The van der Waals surface area contributed by atoms with E-state index in [-0.39, 0.29) is 16.8 Å². The maximum atomic E-state index is 12.6. The third-order valence-corrected chi connectivity index (χ3v) is 4.35. The molecule has 0 saturated carbocycles. The van der Waals surface area contributed by atoms with Gasteiger partial charge in [0.05, 0.1) is 0 Å². The Morgan fingerprint density at radius 3 is 2.40 bits per heavy atom. The Morgan fingerprint density at radius 1 is 1.08 bits per heavy atom. The van der Waals surface area contributed by atoms with Crippen LogP contribution in [0.2, 0.25) is 0 Å². The lowest BCUT2D eigenvalue weighted by Gasteiger charge is -2.12. The van der Waals surface area contributed by atoms with Gasteiger partial charge in [-0.1, -0.05) is 42.5 Å². The number of hydrogen-bond acceptors (Lipinski definition) is 4. The van der Waals surface area contributed by atoms with Crippen molar-refractivity contribution in [3.05, 3.63) is 71.5 Å². The van der Waals surface area contributed by atoms with Crippen molar-refractivity contribution in [1.29, 1.82) is 0 Å². The molecule has 5 heteroatoms. The highest BCUT2D eigenvalue weighted by atomic mass is 32.1. The molecule has 4 nitrogen and oxygen atoms in total. The molecule has 0 radical (unpaired) electrons. The van der Waals surface area contributed by atoms with Crippen LogP contribution >= 0.6 is 12.2 Å². The molecule has 1 aliphatic heterocycles. The van der Waals surface area contributed by atoms with Gasteiger partial charge in [-0.3, -0.25) is 9.69 Å². The SMILES string of the molecule is CN(C)c1ccc(C=C2OC(=S)N(CCc3ccccc3)C2=O)cc1. The van der Waals surface area contributed by atoms with Gasteiger partial charge in [-0.05, 0) is 48.0 Å². The maximum Gasteiger partial charge on any atom is 0.297 e. The first-order valence-electron chi connectivity index (χ1n) is 8.11. The molecular formula is C20H20N2O2S. The molecule has 0 bridgehead atoms. The lowest BCUT2D eigenvalue weighted by atomic mass is 10.1. The summed E-state index contributed by atoms with van der Waals surface area (Å²) in [5, 5.41) is 0.220. The molecule has 128 valence electrons. The third-order valence-electron chi connectivity index (χ3n) is 4.05. The molecule has 2 aromatic carbocycles. The van der Waals surface area contributed by atoms with Gasteiger partial charge in [0, 0.05) is 26.3 Å². The lowest BCUT2D eigenvalue weighted by Crippen LogP contribution is -2.30. The predicted molar refractivity (Wildman–Crippen MR) is 104 cm³/mol. The third kappa shape index (κ3) is 4.06. The monoisotopic (exact) mass is 352 g/mol. The van der Waals surface area contributed by atoms with E-state index in [9.17, 15) is 4.79 Å². The second-order valence-electron chi connectivity index (χ2n) is 6.05. The van der Waals surface area contributed by atoms with Crippen molar-refractivity contribution in [2.45, 2.75) is 6.42 Å². The van der Waals surface area contributed by atoms with Gasteiger partial charge < -0.3 is 9.64 Å². The van der Waals surface area contributed by atoms with E-state index in [0.717, 1.165) is 23.2 Å². The number of hydrogen-bond donors (Lipinski definition) is 0. The summed E-state index contributed by atoms with van der Waals surface area (Å²) < 4.78 is 5.51. The van der Waals surface area contributed by atoms with Crippen LogP contribution in [0.5, 0.6) is 0 Å². The second kappa shape index (κ2) is 7.49. The van der Waals surface area contributed by atoms with Gasteiger partial charge in [0.15, 0.2) is 5.76 Å². The smallest absolute Gasteiger partial charge is 0.297 e. The fourth-order valence-electron chi connectivity index (χ4n) is 2.60. The summed E-state index contributed by atoms with van der Waals surface area (Å²) in [7, 11) is 3.97. The van der Waals surface area contributed by atoms with E-state index in [1.807, 2.05) is 73.6 Å². The number of carbonyl (C=O) groups is 1. The molecule has 3 rings (SSSR count). The molecule has 1 saturated heterocycles. The van der Waals surface area contributed by atoms with Gasteiger partial charge in [-0.25, -0.2) is 0 Å². The van der Waals surface area contributed by atoms with Gasteiger partial charge in [0.25, 0.3) is 11.1 Å². The van der Waals surface area contributed by atoms with Crippen molar-refractivity contribution in [2.75, 3.05) is 25.5 Å². The molecule has 1 fully saturated rings. The Bertz CT molecular complexity index is 798. The van der Waals surface area contributed by atoms with E-state index in [1.165, 1.54) is 4.90 Å². The number of anilines is 1. The van der Waals surface area contributed by atoms with Crippen LogP contribution in [0.4, 0.5) is 5.69 Å². The van der Waals surface area contributed by atoms with Gasteiger partial charge in [0.1, 0.15) is 0 Å². The van der Waals surface area contributed by atoms with E-state index < -0.39 is 0 Å². The Hall–Kier alpha value is -2.66. The second-order valence-corrected chi connectivity index (χ2v) is 6.40. The Labute approximate surface area is 153 Å². The van der Waals surface area contributed by atoms with Crippen LogP contribution in [0.3, 0.4) is 0 Å². The van der Waals surface area contributed by atoms with Crippen LogP contribution in [0, 0.1) is 0 Å². The predicted octanol–water partition coefficient (Wildman–Crippen LogP) is 3.48. The molecule has 1 heterocycles. The normalized spacial score (nSPS) is 15.6. The van der Waals surface area contributed by atoms with Gasteiger partial charge in [-0.15, -0.1) is 0 Å². The molecule has 0 N–H and O–H groups in total. The first-order valence-corrected chi connectivity index (χ1v) is 8.52. The fourth-order valence-corrected chi connectivity index (χ4v) is 2.86. The van der Waals surface area contributed by atoms with Crippen molar-refractivity contribution in [1.82, 2.24) is 4.90 Å². The summed E-state index contributed by atoms with van der Waals surface area (Å²) in [6.07, 6.45) is 2.47. The Balaban J connectivity index is 1.69. The summed E-state index contributed by atoms with van der Waals surface area (Å²) in [6, 6.07) is 17.9. The molecular weight excluding hydrogens is 332 g/mol. The van der Waals surface area contributed by atoms with Crippen LogP contribution in [0.15, 0.2) is 60.4 Å². The number of benzene rings is 2. The average molecular weight is 352 g/mol. The molecule has 0 spiro atoms. The highest BCUT2D eigenvalue weighted by Crippen LogP contribution is 2.21. The molecule has 1 amide bonds. The van der Waals surface area contributed by atoms with Gasteiger partial charge >= 0.3 is 0 Å². The molecule has 2 aromatic rings. The average Bonchev–Trinajstić information content (AvgIpc) is 2.88. The number of thiocarbonyl (C=S) groups is 1. The molecule has 1 aliphatic rings. The summed E-state index contributed by atoms with van der Waals surface area (Å²) in [5.74, 6) is 0.0910. The van der Waals surface area contributed by atoms with E-state index >= 15 is 0 Å². The van der Waals surface area contributed by atoms with Crippen LogP contribution in [-0.2, 0) is 16.0 Å². The number of carbonyl (C=O) groups excluding carboxylic acids is 1. The number of nitrogens with zero attached hydrogens (tertiary/aromatic N) is 2. The molecule has 0 aliphatic carbocycles.